The van der Waals surface area contributed by atoms with Gasteiger partial charge in [-0.25, -0.2) is 4.98 Å². The zero-order valence-corrected chi connectivity index (χ0v) is 10.3. The highest BCUT2D eigenvalue weighted by molar-refractivity contribution is 7.09. The van der Waals surface area contributed by atoms with E-state index >= 15 is 0 Å². The monoisotopic (exact) mass is 228 g/mol. The van der Waals surface area contributed by atoms with E-state index in [1.54, 1.807) is 11.3 Å². The Balaban J connectivity index is 2.29. The predicted molar refractivity (Wildman–Crippen MR) is 64.4 cm³/mol. The number of likely N-dealkylation sites (N-methyl/N-ethyl adjacent to an activating group) is 1. The van der Waals surface area contributed by atoms with Crippen LogP contribution in [0.4, 0.5) is 0 Å². The molecular formula is C11H20N2OS. The van der Waals surface area contributed by atoms with Crippen LogP contribution in [0.5, 0.6) is 0 Å². The first-order valence-corrected chi connectivity index (χ1v) is 6.44. The smallest absolute Gasteiger partial charge is 0.0940 e. The van der Waals surface area contributed by atoms with E-state index in [9.17, 15) is 0 Å². The van der Waals surface area contributed by atoms with Crippen molar-refractivity contribution < 1.29 is 4.74 Å². The molecule has 0 saturated carbocycles. The maximum absolute atomic E-state index is 5.37. The van der Waals surface area contributed by atoms with Gasteiger partial charge in [-0.2, -0.15) is 0 Å². The molecule has 0 aliphatic carbocycles. The lowest BCUT2D eigenvalue weighted by Gasteiger charge is -2.16. The summed E-state index contributed by atoms with van der Waals surface area (Å²) in [5.41, 5.74) is 0. The topological polar surface area (TPSA) is 34.1 Å². The van der Waals surface area contributed by atoms with Crippen molar-refractivity contribution in [3.05, 3.63) is 16.6 Å². The van der Waals surface area contributed by atoms with Crippen LogP contribution in [0.1, 0.15) is 25.3 Å². The van der Waals surface area contributed by atoms with Crippen molar-refractivity contribution in [2.45, 2.75) is 32.7 Å². The molecule has 0 saturated heterocycles. The fraction of sp³-hybridized carbons (Fsp3) is 0.727. The van der Waals surface area contributed by atoms with E-state index in [1.807, 2.05) is 18.5 Å². The number of rotatable bonds is 8. The van der Waals surface area contributed by atoms with Gasteiger partial charge in [-0.05, 0) is 19.9 Å². The van der Waals surface area contributed by atoms with Crippen LogP contribution >= 0.6 is 11.3 Å². The molecule has 0 amide bonds. The van der Waals surface area contributed by atoms with Crippen LogP contribution in [0.2, 0.25) is 0 Å². The highest BCUT2D eigenvalue weighted by atomic mass is 32.1. The molecule has 1 aromatic heterocycles. The minimum Gasteiger partial charge on any atom is -0.382 e. The van der Waals surface area contributed by atoms with Gasteiger partial charge in [0.15, 0.2) is 0 Å². The van der Waals surface area contributed by atoms with Crippen LogP contribution in [0.3, 0.4) is 0 Å². The molecule has 3 nitrogen and oxygen atoms in total. The first-order chi connectivity index (χ1) is 7.36. The largest absolute Gasteiger partial charge is 0.382 e. The number of hydrogen-bond donors (Lipinski definition) is 1. The number of thiazole rings is 1. The molecule has 0 aliphatic rings. The SMILES string of the molecule is CCNC(CCOCC)Cc1nccs1. The van der Waals surface area contributed by atoms with Crippen LogP contribution in [-0.4, -0.2) is 30.8 Å². The average molecular weight is 228 g/mol. The summed E-state index contributed by atoms with van der Waals surface area (Å²) >= 11 is 1.72. The molecule has 0 bridgehead atoms. The van der Waals surface area contributed by atoms with Gasteiger partial charge in [0.25, 0.3) is 0 Å². The van der Waals surface area contributed by atoms with E-state index < -0.39 is 0 Å². The van der Waals surface area contributed by atoms with Crippen molar-refractivity contribution >= 4 is 11.3 Å². The standard InChI is InChI=1S/C11H20N2OS/c1-3-12-10(5-7-14-4-2)9-11-13-6-8-15-11/h6,8,10,12H,3-5,7,9H2,1-2H3. The molecule has 1 unspecified atom stereocenters. The van der Waals surface area contributed by atoms with Crippen molar-refractivity contribution in [1.82, 2.24) is 10.3 Å². The van der Waals surface area contributed by atoms with E-state index in [4.69, 9.17) is 4.74 Å². The number of nitrogens with one attached hydrogen (secondary N) is 1. The van der Waals surface area contributed by atoms with E-state index in [2.05, 4.69) is 17.2 Å². The van der Waals surface area contributed by atoms with Gasteiger partial charge in [-0.3, -0.25) is 0 Å². The maximum Gasteiger partial charge on any atom is 0.0940 e. The molecule has 1 heterocycles. The highest BCUT2D eigenvalue weighted by Gasteiger charge is 2.09. The van der Waals surface area contributed by atoms with Crippen LogP contribution in [0.15, 0.2) is 11.6 Å². The lowest BCUT2D eigenvalue weighted by Crippen LogP contribution is -2.32. The minimum absolute atomic E-state index is 0.493. The lowest BCUT2D eigenvalue weighted by molar-refractivity contribution is 0.136. The average Bonchev–Trinajstić information content (AvgIpc) is 2.71. The molecule has 15 heavy (non-hydrogen) atoms. The van der Waals surface area contributed by atoms with Crippen molar-refractivity contribution in [3.63, 3.8) is 0 Å². The van der Waals surface area contributed by atoms with E-state index in [0.717, 1.165) is 32.6 Å². The number of ether oxygens (including phenoxy) is 1. The third-order valence-electron chi connectivity index (χ3n) is 2.21. The van der Waals surface area contributed by atoms with Gasteiger partial charge < -0.3 is 10.1 Å². The Morgan fingerprint density at radius 1 is 1.53 bits per heavy atom. The summed E-state index contributed by atoms with van der Waals surface area (Å²) in [6.45, 7) is 6.80. The van der Waals surface area contributed by atoms with Gasteiger partial charge in [-0.15, -0.1) is 11.3 Å². The molecule has 1 aromatic rings. The van der Waals surface area contributed by atoms with Crippen molar-refractivity contribution in [1.29, 1.82) is 0 Å². The normalized spacial score (nSPS) is 12.9. The Labute approximate surface area is 95.9 Å². The summed E-state index contributed by atoms with van der Waals surface area (Å²) in [4.78, 5) is 4.30. The Bertz CT molecular complexity index is 239. The minimum atomic E-state index is 0.493. The van der Waals surface area contributed by atoms with Gasteiger partial charge in [-0.1, -0.05) is 6.92 Å². The first kappa shape index (κ1) is 12.6. The number of hydrogen-bond acceptors (Lipinski definition) is 4. The second kappa shape index (κ2) is 7.79. The van der Waals surface area contributed by atoms with Gasteiger partial charge in [0.1, 0.15) is 0 Å². The molecule has 0 spiro atoms. The first-order valence-electron chi connectivity index (χ1n) is 5.56. The maximum atomic E-state index is 5.37. The summed E-state index contributed by atoms with van der Waals surface area (Å²) in [5, 5.41) is 6.70. The second-order valence-electron chi connectivity index (χ2n) is 3.37. The zero-order valence-electron chi connectivity index (χ0n) is 9.53. The number of nitrogens with zero attached hydrogens (tertiary/aromatic N) is 1. The van der Waals surface area contributed by atoms with E-state index in [0.29, 0.717) is 6.04 Å². The molecule has 0 fully saturated rings. The van der Waals surface area contributed by atoms with Crippen LogP contribution < -0.4 is 5.32 Å². The van der Waals surface area contributed by atoms with Crippen LogP contribution in [-0.2, 0) is 11.2 Å². The molecule has 1 N–H and O–H groups in total. The number of aromatic nitrogens is 1. The third-order valence-corrected chi connectivity index (χ3v) is 3.01. The molecule has 1 rings (SSSR count). The molecular weight excluding hydrogens is 208 g/mol. The molecule has 0 radical (unpaired) electrons. The Hall–Kier alpha value is -0.450. The van der Waals surface area contributed by atoms with Gasteiger partial charge in [0.2, 0.25) is 0 Å². The third kappa shape index (κ3) is 5.25. The van der Waals surface area contributed by atoms with Crippen molar-refractivity contribution in [2.75, 3.05) is 19.8 Å². The van der Waals surface area contributed by atoms with Gasteiger partial charge in [0.05, 0.1) is 5.01 Å². The lowest BCUT2D eigenvalue weighted by atomic mass is 10.1. The van der Waals surface area contributed by atoms with Crippen molar-refractivity contribution in [2.24, 2.45) is 0 Å². The highest BCUT2D eigenvalue weighted by Crippen LogP contribution is 2.09. The van der Waals surface area contributed by atoms with E-state index in [-0.39, 0.29) is 0 Å². The van der Waals surface area contributed by atoms with Crippen LogP contribution in [0.25, 0.3) is 0 Å². The Kier molecular flexibility index (Phi) is 6.55. The van der Waals surface area contributed by atoms with Crippen molar-refractivity contribution in [3.8, 4) is 0 Å². The summed E-state index contributed by atoms with van der Waals surface area (Å²) in [6, 6.07) is 0.493. The predicted octanol–water partition coefficient (Wildman–Crippen LogP) is 2.09. The quantitative estimate of drug-likeness (QED) is 0.692. The second-order valence-corrected chi connectivity index (χ2v) is 4.35. The Morgan fingerprint density at radius 3 is 3.00 bits per heavy atom. The fourth-order valence-electron chi connectivity index (χ4n) is 1.50. The summed E-state index contributed by atoms with van der Waals surface area (Å²) in [5.74, 6) is 0. The summed E-state index contributed by atoms with van der Waals surface area (Å²) < 4.78 is 5.37. The Morgan fingerprint density at radius 2 is 2.40 bits per heavy atom. The molecule has 0 aliphatic heterocycles. The molecule has 4 heteroatoms. The zero-order chi connectivity index (χ0) is 10.9. The molecule has 86 valence electrons. The van der Waals surface area contributed by atoms with Gasteiger partial charge >= 0.3 is 0 Å². The molecule has 0 aromatic carbocycles. The summed E-state index contributed by atoms with van der Waals surface area (Å²) in [6.07, 6.45) is 3.94. The van der Waals surface area contributed by atoms with E-state index in [1.165, 1.54) is 5.01 Å². The summed E-state index contributed by atoms with van der Waals surface area (Å²) in [7, 11) is 0. The fourth-order valence-corrected chi connectivity index (χ4v) is 2.20. The van der Waals surface area contributed by atoms with Crippen LogP contribution in [0, 0.1) is 0 Å². The van der Waals surface area contributed by atoms with Gasteiger partial charge in [0, 0.05) is 37.3 Å². The molecule has 1 atom stereocenters.